The molecule has 1 aliphatic rings. The van der Waals surface area contributed by atoms with Crippen molar-refractivity contribution in [2.75, 3.05) is 13.7 Å². The second-order valence-corrected chi connectivity index (χ2v) is 7.45. The third-order valence-electron chi connectivity index (χ3n) is 4.84. The number of nitrogens with one attached hydrogen (secondary N) is 2. The molecule has 1 aliphatic heterocycles. The van der Waals surface area contributed by atoms with Crippen LogP contribution in [0.1, 0.15) is 37.9 Å². The Morgan fingerprint density at radius 2 is 2.12 bits per heavy atom. The maximum Gasteiger partial charge on any atom is 0.224 e. The van der Waals surface area contributed by atoms with Gasteiger partial charge in [0, 0.05) is 29.5 Å². The number of aromatic amines is 1. The van der Waals surface area contributed by atoms with E-state index in [-0.39, 0.29) is 17.6 Å². The first-order valence-electron chi connectivity index (χ1n) is 8.99. The van der Waals surface area contributed by atoms with Gasteiger partial charge < -0.3 is 14.8 Å². The molecule has 1 aromatic heterocycles. The Labute approximate surface area is 154 Å². The number of nitrogens with zero attached hydrogens (tertiary/aromatic N) is 1. The number of carbonyl (C=O) groups is 1. The van der Waals surface area contributed by atoms with E-state index in [0.717, 1.165) is 41.1 Å². The number of H-pyrrole nitrogens is 1. The standard InChI is InChI=1S/C20H27N3O3/c1-13-17(11-18(24)21-15-9-10-26-20(2,3)12-15)19(23-22-13)14-5-7-16(25-4)8-6-14/h5-8,15H,9-12H2,1-4H3,(H,21,24)(H,22,23)/t15-/m0/s1. The van der Waals surface area contributed by atoms with Crippen LogP contribution in [0.4, 0.5) is 0 Å². The zero-order chi connectivity index (χ0) is 18.7. The Bertz CT molecular complexity index is 765. The minimum atomic E-state index is -0.185. The van der Waals surface area contributed by atoms with Crippen LogP contribution in [0.15, 0.2) is 24.3 Å². The smallest absolute Gasteiger partial charge is 0.224 e. The fraction of sp³-hybridized carbons (Fsp3) is 0.500. The Kier molecular flexibility index (Phi) is 5.32. The molecular formula is C20H27N3O3. The zero-order valence-corrected chi connectivity index (χ0v) is 15.9. The Balaban J connectivity index is 1.71. The van der Waals surface area contributed by atoms with E-state index >= 15 is 0 Å². The van der Waals surface area contributed by atoms with Gasteiger partial charge in [0.05, 0.1) is 24.8 Å². The van der Waals surface area contributed by atoms with Crippen molar-refractivity contribution < 1.29 is 14.3 Å². The predicted molar refractivity (Wildman–Crippen MR) is 100 cm³/mol. The summed E-state index contributed by atoms with van der Waals surface area (Å²) in [5.74, 6) is 0.814. The van der Waals surface area contributed by atoms with Gasteiger partial charge in [0.25, 0.3) is 0 Å². The summed E-state index contributed by atoms with van der Waals surface area (Å²) in [6.07, 6.45) is 1.99. The van der Waals surface area contributed by atoms with Crippen LogP contribution in [0.5, 0.6) is 5.75 Å². The van der Waals surface area contributed by atoms with Crippen molar-refractivity contribution in [2.24, 2.45) is 0 Å². The van der Waals surface area contributed by atoms with Crippen molar-refractivity contribution in [2.45, 2.75) is 51.7 Å². The van der Waals surface area contributed by atoms with Gasteiger partial charge in [-0.05, 0) is 57.9 Å². The number of ether oxygens (including phenoxy) is 2. The summed E-state index contributed by atoms with van der Waals surface area (Å²) in [6, 6.07) is 7.86. The van der Waals surface area contributed by atoms with Crippen LogP contribution >= 0.6 is 0 Å². The van der Waals surface area contributed by atoms with Gasteiger partial charge >= 0.3 is 0 Å². The second kappa shape index (κ2) is 7.50. The van der Waals surface area contributed by atoms with E-state index < -0.39 is 0 Å². The van der Waals surface area contributed by atoms with E-state index in [1.54, 1.807) is 7.11 Å². The third kappa shape index (κ3) is 4.25. The molecule has 1 aromatic carbocycles. The van der Waals surface area contributed by atoms with Crippen LogP contribution in [-0.4, -0.2) is 41.5 Å². The number of rotatable bonds is 5. The van der Waals surface area contributed by atoms with E-state index in [1.165, 1.54) is 0 Å². The minimum Gasteiger partial charge on any atom is -0.497 e. The number of amides is 1. The van der Waals surface area contributed by atoms with E-state index in [9.17, 15) is 4.79 Å². The summed E-state index contributed by atoms with van der Waals surface area (Å²) >= 11 is 0. The number of aromatic nitrogens is 2. The fourth-order valence-electron chi connectivity index (χ4n) is 3.45. The molecule has 0 radical (unpaired) electrons. The minimum absolute atomic E-state index is 0.0203. The quantitative estimate of drug-likeness (QED) is 0.862. The molecule has 2 aromatic rings. The first-order chi connectivity index (χ1) is 12.4. The summed E-state index contributed by atoms with van der Waals surface area (Å²) in [6.45, 7) is 6.75. The summed E-state index contributed by atoms with van der Waals surface area (Å²) in [4.78, 5) is 12.6. The lowest BCUT2D eigenvalue weighted by Crippen LogP contribution is -2.46. The third-order valence-corrected chi connectivity index (χ3v) is 4.84. The molecule has 0 aliphatic carbocycles. The molecule has 2 N–H and O–H groups in total. The van der Waals surface area contributed by atoms with Crippen LogP contribution < -0.4 is 10.1 Å². The van der Waals surface area contributed by atoms with E-state index in [2.05, 4.69) is 29.4 Å². The molecule has 1 saturated heterocycles. The van der Waals surface area contributed by atoms with Crippen molar-refractivity contribution in [1.82, 2.24) is 15.5 Å². The predicted octanol–water partition coefficient (Wildman–Crippen LogP) is 3.01. The maximum atomic E-state index is 12.6. The molecule has 2 heterocycles. The summed E-state index contributed by atoms with van der Waals surface area (Å²) < 4.78 is 10.9. The molecule has 0 unspecified atom stereocenters. The molecule has 0 saturated carbocycles. The molecule has 1 amide bonds. The number of hydrogen-bond acceptors (Lipinski definition) is 4. The summed E-state index contributed by atoms with van der Waals surface area (Å²) in [5, 5.41) is 10.6. The number of benzene rings is 1. The molecule has 26 heavy (non-hydrogen) atoms. The van der Waals surface area contributed by atoms with Crippen molar-refractivity contribution in [3.63, 3.8) is 0 Å². The Morgan fingerprint density at radius 1 is 1.38 bits per heavy atom. The number of carbonyl (C=O) groups excluding carboxylic acids is 1. The van der Waals surface area contributed by atoms with Gasteiger partial charge in [0.15, 0.2) is 0 Å². The van der Waals surface area contributed by atoms with E-state index in [1.807, 2.05) is 31.2 Å². The SMILES string of the molecule is COc1ccc(-c2n[nH]c(C)c2CC(=O)N[C@H]2CCOC(C)(C)C2)cc1. The lowest BCUT2D eigenvalue weighted by molar-refractivity contribution is -0.123. The molecule has 0 bridgehead atoms. The molecule has 0 spiro atoms. The summed E-state index contributed by atoms with van der Waals surface area (Å²) in [5.41, 5.74) is 3.44. The van der Waals surface area contributed by atoms with Crippen LogP contribution in [0.3, 0.4) is 0 Å². The highest BCUT2D eigenvalue weighted by atomic mass is 16.5. The van der Waals surface area contributed by atoms with Gasteiger partial charge in [-0.15, -0.1) is 0 Å². The van der Waals surface area contributed by atoms with Gasteiger partial charge in [0.2, 0.25) is 5.91 Å². The largest absolute Gasteiger partial charge is 0.497 e. The second-order valence-electron chi connectivity index (χ2n) is 7.45. The Morgan fingerprint density at radius 3 is 2.77 bits per heavy atom. The summed E-state index contributed by atoms with van der Waals surface area (Å²) in [7, 11) is 1.64. The normalized spacial score (nSPS) is 19.2. The molecular weight excluding hydrogens is 330 g/mol. The molecule has 6 heteroatoms. The van der Waals surface area contributed by atoms with Crippen molar-refractivity contribution in [3.05, 3.63) is 35.5 Å². The van der Waals surface area contributed by atoms with Crippen molar-refractivity contribution in [1.29, 1.82) is 0 Å². The number of aryl methyl sites for hydroxylation is 1. The van der Waals surface area contributed by atoms with E-state index in [4.69, 9.17) is 9.47 Å². The first kappa shape index (κ1) is 18.5. The highest BCUT2D eigenvalue weighted by molar-refractivity contribution is 5.82. The lowest BCUT2D eigenvalue weighted by Gasteiger charge is -2.35. The van der Waals surface area contributed by atoms with Crippen LogP contribution in [0.25, 0.3) is 11.3 Å². The van der Waals surface area contributed by atoms with Crippen LogP contribution in [-0.2, 0) is 16.0 Å². The number of methoxy groups -OCH3 is 1. The maximum absolute atomic E-state index is 12.6. The topological polar surface area (TPSA) is 76.2 Å². The van der Waals surface area contributed by atoms with Crippen LogP contribution in [0.2, 0.25) is 0 Å². The van der Waals surface area contributed by atoms with Gasteiger partial charge in [-0.3, -0.25) is 9.89 Å². The molecule has 3 rings (SSSR count). The fourth-order valence-corrected chi connectivity index (χ4v) is 3.45. The molecule has 1 fully saturated rings. The van der Waals surface area contributed by atoms with Gasteiger partial charge in [-0.25, -0.2) is 0 Å². The molecule has 1 atom stereocenters. The molecule has 140 valence electrons. The van der Waals surface area contributed by atoms with Crippen molar-refractivity contribution >= 4 is 5.91 Å². The first-order valence-corrected chi connectivity index (χ1v) is 8.99. The average Bonchev–Trinajstić information content (AvgIpc) is 2.95. The Hall–Kier alpha value is -2.34. The van der Waals surface area contributed by atoms with Gasteiger partial charge in [-0.1, -0.05) is 0 Å². The average molecular weight is 357 g/mol. The zero-order valence-electron chi connectivity index (χ0n) is 15.9. The van der Waals surface area contributed by atoms with Crippen LogP contribution in [0, 0.1) is 6.92 Å². The van der Waals surface area contributed by atoms with E-state index in [0.29, 0.717) is 13.0 Å². The highest BCUT2D eigenvalue weighted by Crippen LogP contribution is 2.27. The lowest BCUT2D eigenvalue weighted by atomic mass is 9.93. The highest BCUT2D eigenvalue weighted by Gasteiger charge is 2.30. The number of hydrogen-bond donors (Lipinski definition) is 2. The van der Waals surface area contributed by atoms with Gasteiger partial charge in [-0.2, -0.15) is 5.10 Å². The van der Waals surface area contributed by atoms with Crippen molar-refractivity contribution in [3.8, 4) is 17.0 Å². The monoisotopic (exact) mass is 357 g/mol. The van der Waals surface area contributed by atoms with Gasteiger partial charge in [0.1, 0.15) is 5.75 Å². The molecule has 6 nitrogen and oxygen atoms in total.